The molecule has 0 spiro atoms. The van der Waals surface area contributed by atoms with Crippen LogP contribution in [0.1, 0.15) is 47.6 Å². The minimum Gasteiger partial charge on any atom is -0.440 e. The highest BCUT2D eigenvalue weighted by Crippen LogP contribution is 2.36. The zero-order valence-electron chi connectivity index (χ0n) is 13.3. The van der Waals surface area contributed by atoms with Crippen molar-refractivity contribution in [1.82, 2.24) is 4.98 Å². The van der Waals surface area contributed by atoms with Gasteiger partial charge in [0.05, 0.1) is 0 Å². The standard InChI is InChI=1S/C18H25NO/c1-6-7-9-16-14(4)12(2)13(3)15(5)18(16)20-17-10-8-11-19-17/h8,10-11,19H,6-7,9H2,1-5H3. The van der Waals surface area contributed by atoms with Crippen molar-refractivity contribution in [2.24, 2.45) is 0 Å². The predicted octanol–water partition coefficient (Wildman–Crippen LogP) is 5.38. The number of nitrogens with one attached hydrogen (secondary N) is 1. The molecule has 0 atom stereocenters. The molecule has 20 heavy (non-hydrogen) atoms. The molecular formula is C18H25NO. The Morgan fingerprint density at radius 1 is 1.00 bits per heavy atom. The number of unbranched alkanes of at least 4 members (excludes halogenated alkanes) is 1. The number of rotatable bonds is 5. The first-order valence-electron chi connectivity index (χ1n) is 7.46. The smallest absolute Gasteiger partial charge is 0.197 e. The number of H-pyrrole nitrogens is 1. The van der Waals surface area contributed by atoms with E-state index in [1.807, 2.05) is 18.3 Å². The first-order valence-corrected chi connectivity index (χ1v) is 7.46. The van der Waals surface area contributed by atoms with Crippen molar-refractivity contribution in [3.8, 4) is 11.6 Å². The van der Waals surface area contributed by atoms with E-state index in [0.717, 1.165) is 18.1 Å². The van der Waals surface area contributed by atoms with Gasteiger partial charge in [0.25, 0.3) is 0 Å². The summed E-state index contributed by atoms with van der Waals surface area (Å²) in [6.07, 6.45) is 5.38. The van der Waals surface area contributed by atoms with Gasteiger partial charge in [-0.05, 0) is 74.4 Å². The van der Waals surface area contributed by atoms with Gasteiger partial charge in [0.1, 0.15) is 5.75 Å². The molecular weight excluding hydrogens is 246 g/mol. The lowest BCUT2D eigenvalue weighted by Gasteiger charge is -2.20. The van der Waals surface area contributed by atoms with Crippen LogP contribution in [0.2, 0.25) is 0 Å². The van der Waals surface area contributed by atoms with Crippen LogP contribution in [0.25, 0.3) is 0 Å². The lowest BCUT2D eigenvalue weighted by Crippen LogP contribution is -2.03. The van der Waals surface area contributed by atoms with Gasteiger partial charge >= 0.3 is 0 Å². The Morgan fingerprint density at radius 3 is 2.30 bits per heavy atom. The summed E-state index contributed by atoms with van der Waals surface area (Å²) in [5.41, 5.74) is 6.73. The molecule has 108 valence electrons. The maximum Gasteiger partial charge on any atom is 0.197 e. The number of hydrogen-bond donors (Lipinski definition) is 1. The molecule has 1 aromatic carbocycles. The van der Waals surface area contributed by atoms with E-state index < -0.39 is 0 Å². The van der Waals surface area contributed by atoms with Gasteiger partial charge in [0.2, 0.25) is 0 Å². The Kier molecular flexibility index (Phi) is 4.53. The second-order valence-electron chi connectivity index (χ2n) is 5.55. The minimum atomic E-state index is 0.813. The van der Waals surface area contributed by atoms with Crippen molar-refractivity contribution in [3.05, 3.63) is 46.1 Å². The van der Waals surface area contributed by atoms with E-state index in [2.05, 4.69) is 39.6 Å². The van der Waals surface area contributed by atoms with E-state index in [9.17, 15) is 0 Å². The van der Waals surface area contributed by atoms with Gasteiger partial charge in [-0.25, -0.2) is 0 Å². The molecule has 2 aromatic rings. The van der Waals surface area contributed by atoms with Crippen molar-refractivity contribution in [3.63, 3.8) is 0 Å². The van der Waals surface area contributed by atoms with Crippen LogP contribution in [0, 0.1) is 27.7 Å². The predicted molar refractivity (Wildman–Crippen MR) is 84.9 cm³/mol. The summed E-state index contributed by atoms with van der Waals surface area (Å²) in [5.74, 6) is 1.86. The van der Waals surface area contributed by atoms with Gasteiger partial charge in [0, 0.05) is 12.3 Å². The SMILES string of the molecule is CCCCc1c(C)c(C)c(C)c(C)c1Oc1ccc[nH]1. The van der Waals surface area contributed by atoms with Gasteiger partial charge in [0.15, 0.2) is 5.88 Å². The van der Waals surface area contributed by atoms with Crippen molar-refractivity contribution >= 4 is 0 Å². The summed E-state index contributed by atoms with van der Waals surface area (Å²) in [5, 5.41) is 0. The van der Waals surface area contributed by atoms with Gasteiger partial charge in [-0.15, -0.1) is 0 Å². The highest BCUT2D eigenvalue weighted by atomic mass is 16.5. The fourth-order valence-corrected chi connectivity index (χ4v) is 2.64. The van der Waals surface area contributed by atoms with E-state index in [1.165, 1.54) is 40.7 Å². The second kappa shape index (κ2) is 6.17. The molecule has 0 bridgehead atoms. The average Bonchev–Trinajstić information content (AvgIpc) is 2.95. The largest absolute Gasteiger partial charge is 0.440 e. The summed E-state index contributed by atoms with van der Waals surface area (Å²) < 4.78 is 6.14. The monoisotopic (exact) mass is 271 g/mol. The first kappa shape index (κ1) is 14.7. The Balaban J connectivity index is 2.50. The Morgan fingerprint density at radius 2 is 1.70 bits per heavy atom. The third kappa shape index (κ3) is 2.74. The number of aromatic amines is 1. The van der Waals surface area contributed by atoms with Crippen molar-refractivity contribution in [1.29, 1.82) is 0 Å². The van der Waals surface area contributed by atoms with E-state index in [1.54, 1.807) is 0 Å². The van der Waals surface area contributed by atoms with E-state index in [-0.39, 0.29) is 0 Å². The minimum absolute atomic E-state index is 0.813. The topological polar surface area (TPSA) is 25.0 Å². The molecule has 2 nitrogen and oxygen atoms in total. The van der Waals surface area contributed by atoms with Crippen LogP contribution in [0.4, 0.5) is 0 Å². The third-order valence-electron chi connectivity index (χ3n) is 4.32. The molecule has 2 rings (SSSR count). The molecule has 0 saturated carbocycles. The Labute approximate surface area is 122 Å². The van der Waals surface area contributed by atoms with Crippen LogP contribution in [-0.4, -0.2) is 4.98 Å². The molecule has 1 heterocycles. The summed E-state index contributed by atoms with van der Waals surface area (Å²) in [6.45, 7) is 11.0. The van der Waals surface area contributed by atoms with Gasteiger partial charge in [-0.3, -0.25) is 0 Å². The molecule has 0 aliphatic heterocycles. The molecule has 0 aliphatic carbocycles. The number of benzene rings is 1. The van der Waals surface area contributed by atoms with Gasteiger partial charge < -0.3 is 9.72 Å². The molecule has 0 unspecified atom stereocenters. The summed E-state index contributed by atoms with van der Waals surface area (Å²) in [4.78, 5) is 3.13. The number of aromatic nitrogens is 1. The van der Waals surface area contributed by atoms with Crippen molar-refractivity contribution in [2.45, 2.75) is 53.9 Å². The maximum absolute atomic E-state index is 6.14. The molecule has 1 N–H and O–H groups in total. The molecule has 0 aliphatic rings. The normalized spacial score (nSPS) is 10.8. The van der Waals surface area contributed by atoms with Crippen LogP contribution in [0.3, 0.4) is 0 Å². The lowest BCUT2D eigenvalue weighted by molar-refractivity contribution is 0.454. The van der Waals surface area contributed by atoms with Crippen LogP contribution in [0.15, 0.2) is 18.3 Å². The van der Waals surface area contributed by atoms with Crippen molar-refractivity contribution < 1.29 is 4.74 Å². The molecule has 1 aromatic heterocycles. The molecule has 0 amide bonds. The third-order valence-corrected chi connectivity index (χ3v) is 4.32. The zero-order chi connectivity index (χ0) is 14.7. The quantitative estimate of drug-likeness (QED) is 0.775. The molecule has 0 fully saturated rings. The van der Waals surface area contributed by atoms with Gasteiger partial charge in [-0.1, -0.05) is 13.3 Å². The van der Waals surface area contributed by atoms with E-state index in [0.29, 0.717) is 0 Å². The lowest BCUT2D eigenvalue weighted by atomic mass is 9.91. The van der Waals surface area contributed by atoms with Crippen LogP contribution in [0.5, 0.6) is 11.6 Å². The molecule has 0 radical (unpaired) electrons. The van der Waals surface area contributed by atoms with Crippen LogP contribution >= 0.6 is 0 Å². The van der Waals surface area contributed by atoms with Crippen molar-refractivity contribution in [2.75, 3.05) is 0 Å². The van der Waals surface area contributed by atoms with Crippen LogP contribution in [-0.2, 0) is 6.42 Å². The number of hydrogen-bond acceptors (Lipinski definition) is 1. The first-order chi connectivity index (χ1) is 9.56. The number of ether oxygens (including phenoxy) is 1. The Hall–Kier alpha value is -1.70. The maximum atomic E-state index is 6.14. The Bertz CT molecular complexity index is 582. The molecule has 0 saturated heterocycles. The summed E-state index contributed by atoms with van der Waals surface area (Å²) >= 11 is 0. The fraction of sp³-hybridized carbons (Fsp3) is 0.444. The summed E-state index contributed by atoms with van der Waals surface area (Å²) in [6, 6.07) is 3.93. The molecule has 2 heteroatoms. The van der Waals surface area contributed by atoms with Crippen LogP contribution < -0.4 is 4.74 Å². The highest BCUT2D eigenvalue weighted by molar-refractivity contribution is 5.55. The fourth-order valence-electron chi connectivity index (χ4n) is 2.64. The summed E-state index contributed by atoms with van der Waals surface area (Å²) in [7, 11) is 0. The average molecular weight is 271 g/mol. The van der Waals surface area contributed by atoms with Gasteiger partial charge in [-0.2, -0.15) is 0 Å². The zero-order valence-corrected chi connectivity index (χ0v) is 13.3. The highest BCUT2D eigenvalue weighted by Gasteiger charge is 2.16. The van der Waals surface area contributed by atoms with E-state index in [4.69, 9.17) is 4.74 Å². The second-order valence-corrected chi connectivity index (χ2v) is 5.55. The van der Waals surface area contributed by atoms with E-state index >= 15 is 0 Å².